The van der Waals surface area contributed by atoms with Crippen LogP contribution in [0.4, 0.5) is 70.2 Å². The lowest BCUT2D eigenvalue weighted by atomic mass is 9.68. The van der Waals surface area contributed by atoms with Gasteiger partial charge in [-0.05, 0) is 364 Å². The van der Waals surface area contributed by atoms with Gasteiger partial charge in [-0.15, -0.1) is 0 Å². The highest BCUT2D eigenvalue weighted by molar-refractivity contribution is 5.68. The minimum Gasteiger partial charge on any atom is -0.457 e. The first-order chi connectivity index (χ1) is 69.0. The van der Waals surface area contributed by atoms with Crippen LogP contribution in [0.25, 0.3) is 44.5 Å². The molecule has 8 aromatic carbocycles. The number of alkyl halides is 4. The predicted molar refractivity (Wildman–Crippen MR) is 548 cm³/mol. The summed E-state index contributed by atoms with van der Waals surface area (Å²) in [6.45, 7) is 14.9. The van der Waals surface area contributed by atoms with Gasteiger partial charge in [0.1, 0.15) is 0 Å². The van der Waals surface area contributed by atoms with Crippen molar-refractivity contribution in [3.8, 4) is 67.5 Å². The smallest absolute Gasteiger partial charge is 0.228 e. The van der Waals surface area contributed by atoms with E-state index in [9.17, 15) is 70.2 Å². The van der Waals surface area contributed by atoms with E-state index in [0.717, 1.165) is 93.3 Å². The maximum Gasteiger partial charge on any atom is 0.228 e. The van der Waals surface area contributed by atoms with Crippen molar-refractivity contribution in [2.75, 3.05) is 27.4 Å². The second-order valence-corrected chi connectivity index (χ2v) is 40.6. The lowest BCUT2D eigenvalue weighted by Gasteiger charge is -2.38. The molecule has 0 aromatic heterocycles. The van der Waals surface area contributed by atoms with Crippen molar-refractivity contribution in [2.45, 2.75) is 321 Å². The molecule has 142 heavy (non-hydrogen) atoms. The Hall–Kier alpha value is -9.20. The Balaban J connectivity index is 0.000000203. The first-order valence-electron chi connectivity index (χ1n) is 53.0. The quantitative estimate of drug-likeness (QED) is 0.0332. The summed E-state index contributed by atoms with van der Waals surface area (Å²) in [5, 5.41) is 0. The van der Waals surface area contributed by atoms with Gasteiger partial charge in [-0.1, -0.05) is 267 Å². The molecule has 0 amide bonds. The van der Waals surface area contributed by atoms with Crippen molar-refractivity contribution in [1.82, 2.24) is 0 Å². The van der Waals surface area contributed by atoms with Crippen LogP contribution in [0.3, 0.4) is 0 Å². The van der Waals surface area contributed by atoms with Crippen molar-refractivity contribution in [1.29, 1.82) is 0 Å². The zero-order chi connectivity index (χ0) is 102. The Morgan fingerprint density at radius 3 is 0.577 bits per heavy atom. The van der Waals surface area contributed by atoms with Crippen LogP contribution in [-0.2, 0) is 0 Å². The first-order valence-corrected chi connectivity index (χ1v) is 53.0. The number of ether oxygens (including phenoxy) is 4. The molecule has 20 heteroatoms. The monoisotopic (exact) mass is 1990 g/mol. The number of benzene rings is 8. The van der Waals surface area contributed by atoms with Crippen molar-refractivity contribution < 1.29 is 89.2 Å². The molecule has 780 valence electrons. The largest absolute Gasteiger partial charge is 0.457 e. The summed E-state index contributed by atoms with van der Waals surface area (Å²) in [5.41, 5.74) is 9.98. The number of rotatable bonds is 30. The molecular formula is C122H156F16O4. The molecule has 0 saturated heterocycles. The van der Waals surface area contributed by atoms with Gasteiger partial charge in [-0.2, -0.15) is 0 Å². The third-order valence-electron chi connectivity index (χ3n) is 32.4. The molecule has 0 radical (unpaired) electrons. The van der Waals surface area contributed by atoms with Crippen LogP contribution in [0.1, 0.15) is 343 Å². The molecule has 0 heterocycles. The van der Waals surface area contributed by atoms with Crippen LogP contribution in [0.15, 0.2) is 197 Å². The molecule has 8 aromatic rings. The van der Waals surface area contributed by atoms with E-state index >= 15 is 0 Å². The van der Waals surface area contributed by atoms with E-state index in [1.165, 1.54) is 340 Å². The average molecular weight is 1990 g/mol. The van der Waals surface area contributed by atoms with E-state index in [2.05, 4.69) is 121 Å². The topological polar surface area (TPSA) is 36.9 Å². The summed E-state index contributed by atoms with van der Waals surface area (Å²) in [5.74, 6) is 3.74. The van der Waals surface area contributed by atoms with Gasteiger partial charge < -0.3 is 18.9 Å². The Bertz CT molecular complexity index is 4790. The average Bonchev–Trinajstić information content (AvgIpc) is 0.816. The normalized spacial score (nSPS) is 24.1. The molecule has 0 aliphatic heterocycles. The standard InChI is InChI=1S/C30H39F3O.C29H37F3O.C28H35F3O.C27H33F3O.4C2H3F/c1-2-3-4-5-21-6-8-22(9-7-21)23-10-12-24(13-11-23)25-14-16-26(17-15-25)27-18-28(32)30(34-20-31)29(33)19-27;1-2-3-4-20-5-7-21(8-6-20)22-9-11-23(12-10-22)24-13-15-25(16-14-24)26-17-27(31)29(33-19-30)28(32)18-26;1-2-3-19-4-6-20(7-5-19)21-8-10-22(11-9-21)23-12-14-24(15-13-23)25-16-26(30)28(32-18-29)27(31)17-25;1-2-18-3-5-19(6-4-18)20-7-9-21(10-8-20)22-11-13-23(14-12-22)24-15-25(29)27(31-17-28)26(30)16-24;4*1-2-3/h14-19,21-24H,2-13,20H2,1H3;13-18,20-23H,2-12,19H2,1H3;12-17,19-22H,2-11,18H2,1H3;11-16,18-21H,2-10,17H2,1H3;4*2H,1H2. The SMILES string of the molecule is C=CF.C=CF.C=CF.C=CF.CCC1CCC(C2CCC(c3ccc(-c4cc(F)c(OCF)c(F)c4)cc3)CC2)CC1.CCCC1CCC(C2CCC(c3ccc(-c4cc(F)c(OCF)c(F)c4)cc3)CC2)CC1.CCCCC1CCC(C2CCC(c3ccc(-c4cc(F)c(OCF)c(F)c4)cc3)CC2)CC1.CCCCCC1CCC(C2CCC(c3ccc(-c4cc(F)c(OCF)c(F)c4)cc3)CC2)CC1. The summed E-state index contributed by atoms with van der Waals surface area (Å²) in [4.78, 5) is 0. The van der Waals surface area contributed by atoms with Gasteiger partial charge in [0, 0.05) is 0 Å². The van der Waals surface area contributed by atoms with Crippen LogP contribution in [-0.4, -0.2) is 27.4 Å². The van der Waals surface area contributed by atoms with Gasteiger partial charge >= 0.3 is 0 Å². The van der Waals surface area contributed by atoms with E-state index in [0.29, 0.717) is 45.9 Å². The molecule has 0 spiro atoms. The summed E-state index contributed by atoms with van der Waals surface area (Å²) >= 11 is 0. The molecule has 0 atom stereocenters. The fraction of sp³-hybridized carbons (Fsp3) is 0.541. The number of unbranched alkanes of at least 4 members (excludes halogenated alkanes) is 3. The molecule has 0 unspecified atom stereocenters. The van der Waals surface area contributed by atoms with Gasteiger partial charge in [-0.3, -0.25) is 0 Å². The Morgan fingerprint density at radius 1 is 0.225 bits per heavy atom. The maximum atomic E-state index is 14.1. The van der Waals surface area contributed by atoms with Crippen LogP contribution in [0.2, 0.25) is 0 Å². The van der Waals surface area contributed by atoms with Gasteiger partial charge in [0.2, 0.25) is 27.4 Å². The summed E-state index contributed by atoms with van der Waals surface area (Å²) < 4.78 is 220. The highest BCUT2D eigenvalue weighted by Gasteiger charge is 2.37. The molecule has 16 rings (SSSR count). The Morgan fingerprint density at radius 2 is 0.401 bits per heavy atom. The van der Waals surface area contributed by atoms with E-state index in [-0.39, 0.29) is 25.3 Å². The maximum absolute atomic E-state index is 14.1. The van der Waals surface area contributed by atoms with Crippen molar-refractivity contribution >= 4 is 0 Å². The summed E-state index contributed by atoms with van der Waals surface area (Å²) in [7, 11) is 0. The Labute approximate surface area is 837 Å². The van der Waals surface area contributed by atoms with E-state index in [1.807, 2.05) is 48.5 Å². The van der Waals surface area contributed by atoms with Crippen molar-refractivity contribution in [3.05, 3.63) is 266 Å². The lowest BCUT2D eigenvalue weighted by Crippen LogP contribution is -2.25. The molecule has 4 nitrogen and oxygen atoms in total. The summed E-state index contributed by atoms with van der Waals surface area (Å²) in [6.07, 6.45) is 58.1. The molecule has 0 N–H and O–H groups in total. The van der Waals surface area contributed by atoms with Crippen molar-refractivity contribution in [3.63, 3.8) is 0 Å². The second kappa shape index (κ2) is 63.3. The second-order valence-electron chi connectivity index (χ2n) is 40.6. The fourth-order valence-electron chi connectivity index (χ4n) is 24.7. The summed E-state index contributed by atoms with van der Waals surface area (Å²) in [6, 6.07) is 41.8. The van der Waals surface area contributed by atoms with Gasteiger partial charge in [0.15, 0.2) is 69.5 Å². The molecule has 0 bridgehead atoms. The van der Waals surface area contributed by atoms with Crippen LogP contribution in [0.5, 0.6) is 23.0 Å². The molecule has 8 aliphatic carbocycles. The Kier molecular flexibility index (Phi) is 51.8. The highest BCUT2D eigenvalue weighted by atomic mass is 19.2. The van der Waals surface area contributed by atoms with Crippen LogP contribution in [0, 0.1) is 118 Å². The number of halogens is 16. The number of hydrogen-bond acceptors (Lipinski definition) is 4. The van der Waals surface area contributed by atoms with Crippen LogP contribution < -0.4 is 18.9 Å². The van der Waals surface area contributed by atoms with Gasteiger partial charge in [-0.25, -0.2) is 70.2 Å². The first kappa shape index (κ1) is 116. The zero-order valence-corrected chi connectivity index (χ0v) is 84.4. The van der Waals surface area contributed by atoms with Gasteiger partial charge in [0.25, 0.3) is 0 Å². The molecule has 8 fully saturated rings. The predicted octanol–water partition coefficient (Wildman–Crippen LogP) is 40.4. The van der Waals surface area contributed by atoms with Crippen molar-refractivity contribution in [2.24, 2.45) is 71.0 Å². The zero-order valence-electron chi connectivity index (χ0n) is 84.4. The third-order valence-corrected chi connectivity index (χ3v) is 32.4. The van der Waals surface area contributed by atoms with E-state index in [4.69, 9.17) is 0 Å². The minimum absolute atomic E-state index is 0.250. The highest BCUT2D eigenvalue weighted by Crippen LogP contribution is 2.51. The van der Waals surface area contributed by atoms with E-state index < -0.39 is 97.0 Å². The fourth-order valence-corrected chi connectivity index (χ4v) is 24.7. The molecular weight excluding hydrogens is 1830 g/mol. The van der Waals surface area contributed by atoms with Gasteiger partial charge in [0.05, 0.1) is 25.3 Å². The minimum atomic E-state index is -1.26. The molecule has 8 aliphatic rings. The lowest BCUT2D eigenvalue weighted by molar-refractivity contribution is 0.155. The van der Waals surface area contributed by atoms with Crippen LogP contribution >= 0.6 is 0 Å². The third kappa shape index (κ3) is 35.6. The number of hydrogen-bond donors (Lipinski definition) is 0. The van der Waals surface area contributed by atoms with E-state index in [1.54, 1.807) is 0 Å². The molecule has 8 saturated carbocycles.